The molecule has 0 saturated carbocycles. The molecule has 24 heavy (non-hydrogen) atoms. The molecular formula is C16H18FN3O3S. The SMILES string of the molecule is O=S(=O)(NCc1ccc(N2CCOCC2)nc1)c1cccc(F)c1. The molecule has 6 nitrogen and oxygen atoms in total. The molecule has 0 amide bonds. The number of hydrogen-bond acceptors (Lipinski definition) is 5. The number of nitrogens with one attached hydrogen (secondary N) is 1. The first-order chi connectivity index (χ1) is 11.5. The third-order valence-corrected chi connectivity index (χ3v) is 5.12. The van der Waals surface area contributed by atoms with Gasteiger partial charge in [-0.3, -0.25) is 0 Å². The quantitative estimate of drug-likeness (QED) is 0.885. The molecule has 1 aliphatic heterocycles. The van der Waals surface area contributed by atoms with Gasteiger partial charge < -0.3 is 9.64 Å². The molecule has 0 aliphatic carbocycles. The lowest BCUT2D eigenvalue weighted by molar-refractivity contribution is 0.122. The molecule has 0 bridgehead atoms. The maximum absolute atomic E-state index is 13.2. The van der Waals surface area contributed by atoms with Crippen LogP contribution in [-0.2, 0) is 21.3 Å². The van der Waals surface area contributed by atoms with Gasteiger partial charge in [0, 0.05) is 25.8 Å². The fraction of sp³-hybridized carbons (Fsp3) is 0.312. The largest absolute Gasteiger partial charge is 0.378 e. The van der Waals surface area contributed by atoms with E-state index in [4.69, 9.17) is 4.74 Å². The molecule has 1 saturated heterocycles. The number of halogens is 1. The molecule has 1 aromatic heterocycles. The number of morpholine rings is 1. The predicted octanol–water partition coefficient (Wildman–Crippen LogP) is 1.54. The molecular weight excluding hydrogens is 333 g/mol. The maximum Gasteiger partial charge on any atom is 0.240 e. The standard InChI is InChI=1S/C16H18FN3O3S/c17-14-2-1-3-15(10-14)24(21,22)19-12-13-4-5-16(18-11-13)20-6-8-23-9-7-20/h1-5,10-11,19H,6-9,12H2. The number of pyridine rings is 1. The van der Waals surface area contributed by atoms with Crippen LogP contribution in [0.3, 0.4) is 0 Å². The van der Waals surface area contributed by atoms with Crippen LogP contribution in [0.5, 0.6) is 0 Å². The van der Waals surface area contributed by atoms with Crippen molar-refractivity contribution in [2.24, 2.45) is 0 Å². The highest BCUT2D eigenvalue weighted by Crippen LogP contribution is 2.14. The van der Waals surface area contributed by atoms with Crippen LogP contribution >= 0.6 is 0 Å². The topological polar surface area (TPSA) is 71.5 Å². The summed E-state index contributed by atoms with van der Waals surface area (Å²) in [6.07, 6.45) is 1.64. The number of ether oxygens (including phenoxy) is 1. The minimum Gasteiger partial charge on any atom is -0.378 e. The third kappa shape index (κ3) is 4.08. The van der Waals surface area contributed by atoms with Crippen molar-refractivity contribution >= 4 is 15.8 Å². The van der Waals surface area contributed by atoms with Crippen LogP contribution in [0, 0.1) is 5.82 Å². The average molecular weight is 351 g/mol. The first kappa shape index (κ1) is 16.8. The highest BCUT2D eigenvalue weighted by molar-refractivity contribution is 7.89. The van der Waals surface area contributed by atoms with E-state index in [0.29, 0.717) is 13.2 Å². The molecule has 0 unspecified atom stereocenters. The summed E-state index contributed by atoms with van der Waals surface area (Å²) in [7, 11) is -3.76. The molecule has 8 heteroatoms. The van der Waals surface area contributed by atoms with E-state index < -0.39 is 15.8 Å². The van der Waals surface area contributed by atoms with Gasteiger partial charge in [0.05, 0.1) is 18.1 Å². The minimum absolute atomic E-state index is 0.0925. The molecule has 1 aliphatic rings. The highest BCUT2D eigenvalue weighted by atomic mass is 32.2. The van der Waals surface area contributed by atoms with Gasteiger partial charge in [0.25, 0.3) is 0 Å². The van der Waals surface area contributed by atoms with Crippen LogP contribution in [0.1, 0.15) is 5.56 Å². The molecule has 2 aromatic rings. The zero-order valence-electron chi connectivity index (χ0n) is 13.0. The van der Waals surface area contributed by atoms with Crippen molar-refractivity contribution in [3.05, 3.63) is 54.0 Å². The summed E-state index contributed by atoms with van der Waals surface area (Å²) in [5.74, 6) is 0.254. The second-order valence-electron chi connectivity index (χ2n) is 5.41. The lowest BCUT2D eigenvalue weighted by Crippen LogP contribution is -2.36. The number of sulfonamides is 1. The lowest BCUT2D eigenvalue weighted by Gasteiger charge is -2.27. The fourth-order valence-electron chi connectivity index (χ4n) is 2.40. The van der Waals surface area contributed by atoms with E-state index in [1.54, 1.807) is 6.20 Å². The highest BCUT2D eigenvalue weighted by Gasteiger charge is 2.15. The van der Waals surface area contributed by atoms with Crippen LogP contribution in [0.25, 0.3) is 0 Å². The van der Waals surface area contributed by atoms with Crippen LogP contribution in [-0.4, -0.2) is 39.7 Å². The van der Waals surface area contributed by atoms with Crippen molar-refractivity contribution < 1.29 is 17.5 Å². The van der Waals surface area contributed by atoms with Gasteiger partial charge in [0.2, 0.25) is 10.0 Å². The molecule has 0 spiro atoms. The van der Waals surface area contributed by atoms with Crippen molar-refractivity contribution in [3.8, 4) is 0 Å². The number of anilines is 1. The normalized spacial score (nSPS) is 15.5. The Labute approximate surface area is 140 Å². The van der Waals surface area contributed by atoms with Gasteiger partial charge in [-0.1, -0.05) is 12.1 Å². The number of aromatic nitrogens is 1. The molecule has 0 atom stereocenters. The average Bonchev–Trinajstić information content (AvgIpc) is 2.61. The van der Waals surface area contributed by atoms with E-state index in [9.17, 15) is 12.8 Å². The van der Waals surface area contributed by atoms with Crippen LogP contribution in [0.2, 0.25) is 0 Å². The van der Waals surface area contributed by atoms with Crippen LogP contribution < -0.4 is 9.62 Å². The Kier molecular flexibility index (Phi) is 5.08. The number of rotatable bonds is 5. The van der Waals surface area contributed by atoms with Gasteiger partial charge in [-0.2, -0.15) is 0 Å². The van der Waals surface area contributed by atoms with Crippen molar-refractivity contribution in [2.75, 3.05) is 31.2 Å². The van der Waals surface area contributed by atoms with Gasteiger partial charge in [0.15, 0.2) is 0 Å². The Morgan fingerprint density at radius 2 is 2.00 bits per heavy atom. The Morgan fingerprint density at radius 3 is 2.67 bits per heavy atom. The smallest absolute Gasteiger partial charge is 0.240 e. The lowest BCUT2D eigenvalue weighted by atomic mass is 10.3. The van der Waals surface area contributed by atoms with Gasteiger partial charge in [-0.15, -0.1) is 0 Å². The number of benzene rings is 1. The zero-order chi connectivity index (χ0) is 17.0. The maximum atomic E-state index is 13.2. The molecule has 1 aromatic carbocycles. The van der Waals surface area contributed by atoms with Gasteiger partial charge in [0.1, 0.15) is 11.6 Å². The van der Waals surface area contributed by atoms with Crippen molar-refractivity contribution in [2.45, 2.75) is 11.4 Å². The Hall–Kier alpha value is -2.03. The van der Waals surface area contributed by atoms with Gasteiger partial charge in [-0.25, -0.2) is 22.5 Å². The first-order valence-corrected chi connectivity index (χ1v) is 9.06. The third-order valence-electron chi connectivity index (χ3n) is 3.72. The van der Waals surface area contributed by atoms with Crippen LogP contribution in [0.4, 0.5) is 10.2 Å². The molecule has 3 rings (SSSR count). The monoisotopic (exact) mass is 351 g/mol. The Bertz CT molecular complexity index is 790. The summed E-state index contributed by atoms with van der Waals surface area (Å²) < 4.78 is 45.2. The van der Waals surface area contributed by atoms with Gasteiger partial charge >= 0.3 is 0 Å². The molecule has 1 N–H and O–H groups in total. The van der Waals surface area contributed by atoms with Crippen molar-refractivity contribution in [1.82, 2.24) is 9.71 Å². The summed E-state index contributed by atoms with van der Waals surface area (Å²) in [4.78, 5) is 6.38. The Morgan fingerprint density at radius 1 is 1.21 bits per heavy atom. The molecule has 2 heterocycles. The number of hydrogen-bond donors (Lipinski definition) is 1. The van der Waals surface area contributed by atoms with E-state index in [1.807, 2.05) is 12.1 Å². The van der Waals surface area contributed by atoms with Gasteiger partial charge in [-0.05, 0) is 29.8 Å². The van der Waals surface area contributed by atoms with E-state index in [-0.39, 0.29) is 11.4 Å². The summed E-state index contributed by atoms with van der Waals surface area (Å²) >= 11 is 0. The van der Waals surface area contributed by atoms with Crippen molar-refractivity contribution in [1.29, 1.82) is 0 Å². The summed E-state index contributed by atoms with van der Waals surface area (Å²) in [6, 6.07) is 8.59. The van der Waals surface area contributed by atoms with E-state index >= 15 is 0 Å². The second-order valence-corrected chi connectivity index (χ2v) is 7.17. The minimum atomic E-state index is -3.76. The van der Waals surface area contributed by atoms with Crippen LogP contribution in [0.15, 0.2) is 47.5 Å². The summed E-state index contributed by atoms with van der Waals surface area (Å²) in [5.41, 5.74) is 0.729. The fourth-order valence-corrected chi connectivity index (χ4v) is 3.45. The second kappa shape index (κ2) is 7.25. The van der Waals surface area contributed by atoms with E-state index in [0.717, 1.165) is 30.5 Å². The first-order valence-electron chi connectivity index (χ1n) is 7.57. The Balaban J connectivity index is 1.64. The number of nitrogens with zero attached hydrogens (tertiary/aromatic N) is 2. The summed E-state index contributed by atoms with van der Waals surface area (Å²) in [5, 5.41) is 0. The molecule has 1 fully saturated rings. The molecule has 128 valence electrons. The summed E-state index contributed by atoms with van der Waals surface area (Å²) in [6.45, 7) is 3.03. The molecule has 0 radical (unpaired) electrons. The van der Waals surface area contributed by atoms with Crippen molar-refractivity contribution in [3.63, 3.8) is 0 Å². The van der Waals surface area contributed by atoms with E-state index in [2.05, 4.69) is 14.6 Å². The predicted molar refractivity (Wildman–Crippen MR) is 87.7 cm³/mol. The zero-order valence-corrected chi connectivity index (χ0v) is 13.8. The van der Waals surface area contributed by atoms with E-state index in [1.165, 1.54) is 18.2 Å².